The van der Waals surface area contributed by atoms with E-state index in [9.17, 15) is 9.59 Å². The first-order valence-corrected chi connectivity index (χ1v) is 11.4. The fourth-order valence-corrected chi connectivity index (χ4v) is 3.81. The van der Waals surface area contributed by atoms with Crippen LogP contribution in [-0.4, -0.2) is 59.4 Å². The molecule has 0 aliphatic carbocycles. The average molecular weight is 455 g/mol. The smallest absolute Gasteiger partial charge is 0.410 e. The van der Waals surface area contributed by atoms with Gasteiger partial charge >= 0.3 is 12.2 Å². The zero-order chi connectivity index (χ0) is 23.8. The Hall–Kier alpha value is -3.06. The molecule has 0 spiro atoms. The van der Waals surface area contributed by atoms with Gasteiger partial charge in [0.15, 0.2) is 0 Å². The van der Waals surface area contributed by atoms with Gasteiger partial charge in [-0.05, 0) is 38.8 Å². The van der Waals surface area contributed by atoms with Gasteiger partial charge in [-0.15, -0.1) is 0 Å². The third-order valence-corrected chi connectivity index (χ3v) is 5.31. The minimum Gasteiger partial charge on any atom is -0.445 e. The Morgan fingerprint density at radius 1 is 0.970 bits per heavy atom. The average Bonchev–Trinajstić information content (AvgIpc) is 3.20. The summed E-state index contributed by atoms with van der Waals surface area (Å²) in [5, 5.41) is 0. The molecule has 7 nitrogen and oxygen atoms in total. The number of benzene rings is 2. The maximum Gasteiger partial charge on any atom is 0.410 e. The number of hydrogen-bond acceptors (Lipinski definition) is 5. The van der Waals surface area contributed by atoms with E-state index in [1.54, 1.807) is 9.80 Å². The van der Waals surface area contributed by atoms with E-state index in [4.69, 9.17) is 14.2 Å². The van der Waals surface area contributed by atoms with Crippen LogP contribution >= 0.6 is 0 Å². The molecule has 0 radical (unpaired) electrons. The van der Waals surface area contributed by atoms with Crippen LogP contribution in [0.1, 0.15) is 38.8 Å². The molecule has 1 fully saturated rings. The summed E-state index contributed by atoms with van der Waals surface area (Å²) in [5.41, 5.74) is 1.28. The number of ether oxygens (including phenoxy) is 3. The highest BCUT2D eigenvalue weighted by Gasteiger charge is 2.43. The molecule has 2 atom stereocenters. The second-order valence-corrected chi connectivity index (χ2v) is 9.10. The third-order valence-electron chi connectivity index (χ3n) is 5.31. The van der Waals surface area contributed by atoms with Crippen molar-refractivity contribution in [3.8, 4) is 0 Å². The Morgan fingerprint density at radius 3 is 2.15 bits per heavy atom. The van der Waals surface area contributed by atoms with Crippen LogP contribution in [0, 0.1) is 0 Å². The van der Waals surface area contributed by atoms with E-state index in [0.717, 1.165) is 11.1 Å². The number of rotatable bonds is 7. The largest absolute Gasteiger partial charge is 0.445 e. The van der Waals surface area contributed by atoms with Gasteiger partial charge in [0.05, 0.1) is 18.7 Å². The van der Waals surface area contributed by atoms with Gasteiger partial charge in [-0.25, -0.2) is 9.59 Å². The molecule has 2 aromatic rings. The number of carbonyl (C=O) groups is 2. The highest BCUT2D eigenvalue weighted by Crippen LogP contribution is 2.24. The standard InChI is InChI=1S/C26H34N2O5/c1-5-31-23-18-27(24(29)33-26(2,3)4)17-22(23)28(16-20-12-8-6-9-13-20)25(30)32-19-21-14-10-7-11-15-21/h6-15,22-23H,5,16-19H2,1-4H3. The van der Waals surface area contributed by atoms with E-state index >= 15 is 0 Å². The van der Waals surface area contributed by atoms with Gasteiger partial charge < -0.3 is 19.1 Å². The summed E-state index contributed by atoms with van der Waals surface area (Å²) in [6.45, 7) is 9.07. The molecule has 33 heavy (non-hydrogen) atoms. The topological polar surface area (TPSA) is 68.3 Å². The van der Waals surface area contributed by atoms with Gasteiger partial charge in [-0.2, -0.15) is 0 Å². The Labute approximate surface area is 196 Å². The van der Waals surface area contributed by atoms with Gasteiger partial charge in [-0.3, -0.25) is 4.90 Å². The van der Waals surface area contributed by atoms with Crippen LogP contribution in [-0.2, 0) is 27.4 Å². The number of nitrogens with zero attached hydrogens (tertiary/aromatic N) is 2. The minimum atomic E-state index is -0.603. The SMILES string of the molecule is CCOC1CN(C(=O)OC(C)(C)C)CC1N(Cc1ccccc1)C(=O)OCc1ccccc1. The van der Waals surface area contributed by atoms with Crippen molar-refractivity contribution in [3.63, 3.8) is 0 Å². The molecule has 1 heterocycles. The number of carbonyl (C=O) groups excluding carboxylic acids is 2. The molecule has 178 valence electrons. The Balaban J connectivity index is 1.80. The quantitative estimate of drug-likeness (QED) is 0.598. The summed E-state index contributed by atoms with van der Waals surface area (Å²) < 4.78 is 17.2. The molecular formula is C26H34N2O5. The minimum absolute atomic E-state index is 0.173. The van der Waals surface area contributed by atoms with Crippen molar-refractivity contribution in [2.75, 3.05) is 19.7 Å². The van der Waals surface area contributed by atoms with E-state index in [-0.39, 0.29) is 18.8 Å². The molecule has 0 bridgehead atoms. The maximum absolute atomic E-state index is 13.3. The van der Waals surface area contributed by atoms with Crippen molar-refractivity contribution in [3.05, 3.63) is 71.8 Å². The highest BCUT2D eigenvalue weighted by atomic mass is 16.6. The normalized spacial score (nSPS) is 18.1. The van der Waals surface area contributed by atoms with Crippen molar-refractivity contribution < 1.29 is 23.8 Å². The van der Waals surface area contributed by atoms with Crippen LogP contribution in [0.25, 0.3) is 0 Å². The molecule has 2 aromatic carbocycles. The molecular weight excluding hydrogens is 420 g/mol. The second-order valence-electron chi connectivity index (χ2n) is 9.10. The predicted molar refractivity (Wildman–Crippen MR) is 126 cm³/mol. The molecule has 0 N–H and O–H groups in total. The van der Waals surface area contributed by atoms with Crippen LogP contribution in [0.3, 0.4) is 0 Å². The predicted octanol–water partition coefficient (Wildman–Crippen LogP) is 4.85. The number of amides is 2. The summed E-state index contributed by atoms with van der Waals surface area (Å²) in [6, 6.07) is 18.9. The Bertz CT molecular complexity index is 898. The zero-order valence-corrected chi connectivity index (χ0v) is 19.9. The Kier molecular flexibility index (Phi) is 8.33. The van der Waals surface area contributed by atoms with Crippen LogP contribution in [0.5, 0.6) is 0 Å². The number of hydrogen-bond donors (Lipinski definition) is 0. The van der Waals surface area contributed by atoms with E-state index in [2.05, 4.69) is 0 Å². The molecule has 1 aliphatic heterocycles. The first-order valence-electron chi connectivity index (χ1n) is 11.4. The molecule has 2 unspecified atom stereocenters. The lowest BCUT2D eigenvalue weighted by molar-refractivity contribution is 0.00681. The van der Waals surface area contributed by atoms with Gasteiger partial charge in [-0.1, -0.05) is 60.7 Å². The number of likely N-dealkylation sites (tertiary alicyclic amines) is 1. The molecule has 1 aliphatic rings. The molecule has 0 saturated carbocycles. The monoisotopic (exact) mass is 454 g/mol. The zero-order valence-electron chi connectivity index (χ0n) is 19.9. The maximum atomic E-state index is 13.3. The van der Waals surface area contributed by atoms with Crippen LogP contribution < -0.4 is 0 Å². The second kappa shape index (κ2) is 11.2. The van der Waals surface area contributed by atoms with E-state index in [0.29, 0.717) is 26.2 Å². The van der Waals surface area contributed by atoms with Gasteiger partial charge in [0.25, 0.3) is 0 Å². The lowest BCUT2D eigenvalue weighted by Crippen LogP contribution is -2.47. The van der Waals surface area contributed by atoms with Crippen LogP contribution in [0.2, 0.25) is 0 Å². The van der Waals surface area contributed by atoms with Crippen LogP contribution in [0.15, 0.2) is 60.7 Å². The molecule has 1 saturated heterocycles. The van der Waals surface area contributed by atoms with Crippen molar-refractivity contribution in [2.45, 2.75) is 58.6 Å². The van der Waals surface area contributed by atoms with Crippen molar-refractivity contribution >= 4 is 12.2 Å². The first-order chi connectivity index (χ1) is 15.8. The van der Waals surface area contributed by atoms with E-state index in [1.807, 2.05) is 88.4 Å². The van der Waals surface area contributed by atoms with Crippen molar-refractivity contribution in [2.24, 2.45) is 0 Å². The molecule has 2 amide bonds. The Morgan fingerprint density at radius 2 is 1.58 bits per heavy atom. The summed E-state index contributed by atoms with van der Waals surface area (Å²) in [7, 11) is 0. The fourth-order valence-electron chi connectivity index (χ4n) is 3.81. The molecule has 0 aromatic heterocycles. The third kappa shape index (κ3) is 7.22. The van der Waals surface area contributed by atoms with Gasteiger partial charge in [0, 0.05) is 19.7 Å². The lowest BCUT2D eigenvalue weighted by atomic mass is 10.1. The van der Waals surface area contributed by atoms with Crippen molar-refractivity contribution in [1.82, 2.24) is 9.80 Å². The van der Waals surface area contributed by atoms with Crippen molar-refractivity contribution in [1.29, 1.82) is 0 Å². The molecule has 3 rings (SSSR count). The highest BCUT2D eigenvalue weighted by molar-refractivity contribution is 5.71. The summed E-state index contributed by atoms with van der Waals surface area (Å²) in [6.07, 6.45) is -1.19. The van der Waals surface area contributed by atoms with E-state index in [1.165, 1.54) is 0 Å². The van der Waals surface area contributed by atoms with E-state index < -0.39 is 17.8 Å². The summed E-state index contributed by atoms with van der Waals surface area (Å²) in [5.74, 6) is 0. The van der Waals surface area contributed by atoms with Gasteiger partial charge in [0.1, 0.15) is 12.2 Å². The summed E-state index contributed by atoms with van der Waals surface area (Å²) >= 11 is 0. The van der Waals surface area contributed by atoms with Crippen LogP contribution in [0.4, 0.5) is 9.59 Å². The van der Waals surface area contributed by atoms with Gasteiger partial charge in [0.2, 0.25) is 0 Å². The first kappa shape index (κ1) is 24.6. The fraction of sp³-hybridized carbons (Fsp3) is 0.462. The molecule has 7 heteroatoms. The summed E-state index contributed by atoms with van der Waals surface area (Å²) in [4.78, 5) is 29.3. The lowest BCUT2D eigenvalue weighted by Gasteiger charge is -2.31.